The molecule has 19 heavy (non-hydrogen) atoms. The fourth-order valence-corrected chi connectivity index (χ4v) is 1.56. The average Bonchev–Trinajstić information content (AvgIpc) is 2.77. The van der Waals surface area contributed by atoms with Crippen LogP contribution in [-0.2, 0) is 13.2 Å². The second kappa shape index (κ2) is 5.31. The highest BCUT2D eigenvalue weighted by Crippen LogP contribution is 2.22. The first kappa shape index (κ1) is 13.4. The number of alkyl halides is 3. The van der Waals surface area contributed by atoms with Gasteiger partial charge in [-0.2, -0.15) is 5.10 Å². The van der Waals surface area contributed by atoms with Crippen LogP contribution in [0.2, 0.25) is 0 Å². The van der Waals surface area contributed by atoms with E-state index in [0.717, 1.165) is 5.56 Å². The molecule has 2 rings (SSSR count). The van der Waals surface area contributed by atoms with E-state index in [1.54, 1.807) is 10.9 Å². The maximum atomic E-state index is 12.0. The number of nitrogens with zero attached hydrogens (tertiary/aromatic N) is 2. The molecule has 0 aliphatic heterocycles. The molecule has 1 N–H and O–H groups in total. The van der Waals surface area contributed by atoms with Crippen molar-refractivity contribution in [3.63, 3.8) is 0 Å². The van der Waals surface area contributed by atoms with E-state index in [1.807, 2.05) is 0 Å². The number of halogens is 3. The lowest BCUT2D eigenvalue weighted by molar-refractivity contribution is -0.274. The third kappa shape index (κ3) is 3.99. The molecule has 4 nitrogen and oxygen atoms in total. The van der Waals surface area contributed by atoms with Crippen molar-refractivity contribution in [1.82, 2.24) is 9.78 Å². The Morgan fingerprint density at radius 3 is 2.37 bits per heavy atom. The molecule has 0 bridgehead atoms. The molecule has 102 valence electrons. The maximum absolute atomic E-state index is 12.0. The first-order chi connectivity index (χ1) is 8.96. The van der Waals surface area contributed by atoms with Crippen LogP contribution in [0.25, 0.3) is 0 Å². The number of aromatic nitrogens is 2. The fourth-order valence-electron chi connectivity index (χ4n) is 1.56. The van der Waals surface area contributed by atoms with Crippen LogP contribution >= 0.6 is 0 Å². The first-order valence-corrected chi connectivity index (χ1v) is 5.43. The highest BCUT2D eigenvalue weighted by molar-refractivity contribution is 5.27. The fraction of sp³-hybridized carbons (Fsp3) is 0.250. The molecule has 0 radical (unpaired) electrons. The highest BCUT2D eigenvalue weighted by Gasteiger charge is 2.30. The SMILES string of the molecule is OCc1cnn(Cc2ccc(OC(F)(F)F)cc2)c1. The summed E-state index contributed by atoms with van der Waals surface area (Å²) < 4.78 is 41.3. The van der Waals surface area contributed by atoms with Crippen LogP contribution in [0.5, 0.6) is 5.75 Å². The molecule has 1 aromatic heterocycles. The summed E-state index contributed by atoms with van der Waals surface area (Å²) in [4.78, 5) is 0. The minimum absolute atomic E-state index is 0.0988. The Labute approximate surface area is 107 Å². The number of hydrogen-bond donors (Lipinski definition) is 1. The molecule has 1 aromatic carbocycles. The molecular weight excluding hydrogens is 261 g/mol. The molecule has 0 atom stereocenters. The summed E-state index contributed by atoms with van der Waals surface area (Å²) in [6, 6.07) is 5.56. The van der Waals surface area contributed by atoms with E-state index in [2.05, 4.69) is 9.84 Å². The van der Waals surface area contributed by atoms with E-state index >= 15 is 0 Å². The number of rotatable bonds is 4. The van der Waals surface area contributed by atoms with Gasteiger partial charge in [0.05, 0.1) is 19.3 Å². The van der Waals surface area contributed by atoms with Gasteiger partial charge in [0.15, 0.2) is 0 Å². The minimum atomic E-state index is -4.68. The van der Waals surface area contributed by atoms with E-state index in [4.69, 9.17) is 5.11 Å². The molecule has 0 saturated heterocycles. The van der Waals surface area contributed by atoms with Gasteiger partial charge >= 0.3 is 6.36 Å². The van der Waals surface area contributed by atoms with Crippen LogP contribution in [0.4, 0.5) is 13.2 Å². The second-order valence-electron chi connectivity index (χ2n) is 3.90. The van der Waals surface area contributed by atoms with E-state index < -0.39 is 6.36 Å². The van der Waals surface area contributed by atoms with Crippen molar-refractivity contribution in [2.45, 2.75) is 19.5 Å². The predicted octanol–water partition coefficient (Wildman–Crippen LogP) is 2.32. The van der Waals surface area contributed by atoms with Gasteiger partial charge in [-0.15, -0.1) is 13.2 Å². The lowest BCUT2D eigenvalue weighted by Gasteiger charge is -2.09. The summed E-state index contributed by atoms with van der Waals surface area (Å²) in [6.07, 6.45) is -1.49. The Kier molecular flexibility index (Phi) is 3.75. The Balaban J connectivity index is 2.02. The van der Waals surface area contributed by atoms with Gasteiger partial charge in [0.25, 0.3) is 0 Å². The van der Waals surface area contributed by atoms with E-state index in [-0.39, 0.29) is 12.4 Å². The third-order valence-electron chi connectivity index (χ3n) is 2.37. The van der Waals surface area contributed by atoms with Gasteiger partial charge in [0, 0.05) is 11.8 Å². The molecule has 7 heteroatoms. The molecule has 0 unspecified atom stereocenters. The largest absolute Gasteiger partial charge is 0.573 e. The summed E-state index contributed by atoms with van der Waals surface area (Å²) in [5.74, 6) is -0.257. The van der Waals surface area contributed by atoms with E-state index in [0.29, 0.717) is 12.1 Å². The zero-order valence-corrected chi connectivity index (χ0v) is 9.76. The van der Waals surface area contributed by atoms with Crippen molar-refractivity contribution >= 4 is 0 Å². The summed E-state index contributed by atoms with van der Waals surface area (Å²) in [7, 11) is 0. The van der Waals surface area contributed by atoms with Gasteiger partial charge in [0.1, 0.15) is 5.75 Å². The number of hydrogen-bond acceptors (Lipinski definition) is 3. The minimum Gasteiger partial charge on any atom is -0.406 e. The first-order valence-electron chi connectivity index (χ1n) is 5.43. The lowest BCUT2D eigenvalue weighted by atomic mass is 10.2. The highest BCUT2D eigenvalue weighted by atomic mass is 19.4. The Morgan fingerprint density at radius 1 is 1.16 bits per heavy atom. The maximum Gasteiger partial charge on any atom is 0.573 e. The van der Waals surface area contributed by atoms with Crippen molar-refractivity contribution < 1.29 is 23.0 Å². The van der Waals surface area contributed by atoms with Crippen LogP contribution in [0.15, 0.2) is 36.7 Å². The van der Waals surface area contributed by atoms with Crippen LogP contribution in [-0.4, -0.2) is 21.2 Å². The van der Waals surface area contributed by atoms with Crippen LogP contribution in [0, 0.1) is 0 Å². The monoisotopic (exact) mass is 272 g/mol. The lowest BCUT2D eigenvalue weighted by Crippen LogP contribution is -2.17. The topological polar surface area (TPSA) is 47.3 Å². The van der Waals surface area contributed by atoms with Crippen molar-refractivity contribution in [2.75, 3.05) is 0 Å². The van der Waals surface area contributed by atoms with Crippen molar-refractivity contribution in [3.8, 4) is 5.75 Å². The van der Waals surface area contributed by atoms with Gasteiger partial charge in [-0.1, -0.05) is 12.1 Å². The predicted molar refractivity (Wildman–Crippen MR) is 60.4 cm³/mol. The van der Waals surface area contributed by atoms with E-state index in [1.165, 1.54) is 30.5 Å². The van der Waals surface area contributed by atoms with Crippen molar-refractivity contribution in [2.24, 2.45) is 0 Å². The number of aliphatic hydroxyl groups excluding tert-OH is 1. The smallest absolute Gasteiger partial charge is 0.406 e. The third-order valence-corrected chi connectivity index (χ3v) is 2.37. The molecule has 1 heterocycles. The quantitative estimate of drug-likeness (QED) is 0.929. The van der Waals surface area contributed by atoms with Gasteiger partial charge in [-0.05, 0) is 17.7 Å². The Hall–Kier alpha value is -2.02. The van der Waals surface area contributed by atoms with Gasteiger partial charge < -0.3 is 9.84 Å². The number of aliphatic hydroxyl groups is 1. The second-order valence-corrected chi connectivity index (χ2v) is 3.90. The van der Waals surface area contributed by atoms with E-state index in [9.17, 15) is 13.2 Å². The zero-order valence-electron chi connectivity index (χ0n) is 9.76. The number of ether oxygens (including phenoxy) is 1. The zero-order chi connectivity index (χ0) is 13.9. The summed E-state index contributed by atoms with van der Waals surface area (Å²) >= 11 is 0. The Morgan fingerprint density at radius 2 is 1.84 bits per heavy atom. The van der Waals surface area contributed by atoms with Crippen LogP contribution < -0.4 is 4.74 Å². The number of benzene rings is 1. The molecule has 0 aliphatic rings. The molecule has 0 spiro atoms. The average molecular weight is 272 g/mol. The van der Waals surface area contributed by atoms with Crippen LogP contribution in [0.3, 0.4) is 0 Å². The van der Waals surface area contributed by atoms with Gasteiger partial charge in [-0.3, -0.25) is 4.68 Å². The van der Waals surface area contributed by atoms with Crippen LogP contribution in [0.1, 0.15) is 11.1 Å². The molecule has 0 fully saturated rings. The summed E-state index contributed by atoms with van der Waals surface area (Å²) in [5, 5.41) is 12.9. The molecule has 0 amide bonds. The van der Waals surface area contributed by atoms with Gasteiger partial charge in [0.2, 0.25) is 0 Å². The van der Waals surface area contributed by atoms with Gasteiger partial charge in [-0.25, -0.2) is 0 Å². The molecule has 2 aromatic rings. The Bertz CT molecular complexity index is 535. The standard InChI is InChI=1S/C12H11F3N2O2/c13-12(14,15)19-11-3-1-9(2-4-11)6-17-7-10(8-18)5-16-17/h1-5,7,18H,6,8H2. The van der Waals surface area contributed by atoms with Crippen molar-refractivity contribution in [1.29, 1.82) is 0 Å². The summed E-state index contributed by atoms with van der Waals surface area (Å²) in [6.45, 7) is 0.310. The molecule has 0 saturated carbocycles. The molecular formula is C12H11F3N2O2. The summed E-state index contributed by atoms with van der Waals surface area (Å²) in [5.41, 5.74) is 1.46. The molecule has 0 aliphatic carbocycles. The normalized spacial score (nSPS) is 11.6. The van der Waals surface area contributed by atoms with Crippen molar-refractivity contribution in [3.05, 3.63) is 47.8 Å².